The number of nitrogens with one attached hydrogen (secondary N) is 1. The van der Waals surface area contributed by atoms with Crippen LogP contribution >= 0.6 is 0 Å². The molecule has 0 bridgehead atoms. The standard InChI is InChI=1S/C14H17N3/c1-2-9-16-14(15)17-13-8-7-11-5-3-4-6-12(11)10-13/h3-8,10H,2,9H2,1H3,(H3,15,16,17). The van der Waals surface area contributed by atoms with Crippen LogP contribution in [0.5, 0.6) is 0 Å². The number of benzene rings is 2. The van der Waals surface area contributed by atoms with Crippen LogP contribution in [0.2, 0.25) is 0 Å². The lowest BCUT2D eigenvalue weighted by Gasteiger charge is -2.06. The highest BCUT2D eigenvalue weighted by Gasteiger charge is 1.97. The molecule has 0 unspecified atom stereocenters. The van der Waals surface area contributed by atoms with Crippen molar-refractivity contribution in [1.82, 2.24) is 0 Å². The lowest BCUT2D eigenvalue weighted by molar-refractivity contribution is 0.929. The van der Waals surface area contributed by atoms with Gasteiger partial charge in [-0.25, -0.2) is 0 Å². The Kier molecular flexibility index (Phi) is 3.60. The molecule has 0 aromatic heterocycles. The van der Waals surface area contributed by atoms with Crippen LogP contribution < -0.4 is 11.1 Å². The maximum absolute atomic E-state index is 5.77. The van der Waals surface area contributed by atoms with Crippen LogP contribution in [-0.2, 0) is 0 Å². The van der Waals surface area contributed by atoms with Crippen LogP contribution in [0.15, 0.2) is 47.5 Å². The summed E-state index contributed by atoms with van der Waals surface area (Å²) in [5.74, 6) is 0.474. The first-order chi connectivity index (χ1) is 8.29. The molecule has 0 aliphatic carbocycles. The number of nitrogens with zero attached hydrogens (tertiary/aromatic N) is 1. The van der Waals surface area contributed by atoms with E-state index < -0.39 is 0 Å². The lowest BCUT2D eigenvalue weighted by atomic mass is 10.1. The molecule has 3 N–H and O–H groups in total. The predicted molar refractivity (Wildman–Crippen MR) is 74.4 cm³/mol. The molecule has 0 aliphatic heterocycles. The monoisotopic (exact) mass is 227 g/mol. The van der Waals surface area contributed by atoms with E-state index in [2.05, 4.69) is 41.5 Å². The van der Waals surface area contributed by atoms with Gasteiger partial charge in [0.15, 0.2) is 5.96 Å². The maximum atomic E-state index is 5.77. The topological polar surface area (TPSA) is 50.4 Å². The smallest absolute Gasteiger partial charge is 0.193 e. The molecule has 0 atom stereocenters. The van der Waals surface area contributed by atoms with Crippen LogP contribution in [-0.4, -0.2) is 12.5 Å². The van der Waals surface area contributed by atoms with Gasteiger partial charge in [0, 0.05) is 12.2 Å². The average Bonchev–Trinajstić information content (AvgIpc) is 2.36. The van der Waals surface area contributed by atoms with Crippen LogP contribution in [0.25, 0.3) is 10.8 Å². The molecule has 2 aromatic rings. The van der Waals surface area contributed by atoms with Crippen molar-refractivity contribution in [3.63, 3.8) is 0 Å². The molecule has 0 saturated heterocycles. The van der Waals surface area contributed by atoms with E-state index in [9.17, 15) is 0 Å². The Bertz CT molecular complexity index is 532. The molecule has 0 heterocycles. The van der Waals surface area contributed by atoms with E-state index in [1.807, 2.05) is 18.2 Å². The molecule has 0 radical (unpaired) electrons. The third-order valence-corrected chi connectivity index (χ3v) is 2.53. The van der Waals surface area contributed by atoms with E-state index in [0.717, 1.165) is 18.7 Å². The van der Waals surface area contributed by atoms with Crippen molar-refractivity contribution in [2.24, 2.45) is 10.7 Å². The van der Waals surface area contributed by atoms with Crippen molar-refractivity contribution in [3.8, 4) is 0 Å². The second-order valence-electron chi connectivity index (χ2n) is 3.95. The molecule has 0 spiro atoms. The zero-order chi connectivity index (χ0) is 12.1. The molecule has 17 heavy (non-hydrogen) atoms. The fourth-order valence-corrected chi connectivity index (χ4v) is 1.69. The number of fused-ring (bicyclic) bond motifs is 1. The third kappa shape index (κ3) is 2.97. The fraction of sp³-hybridized carbons (Fsp3) is 0.214. The number of hydrogen-bond acceptors (Lipinski definition) is 1. The highest BCUT2D eigenvalue weighted by atomic mass is 15.1. The van der Waals surface area contributed by atoms with E-state index in [1.54, 1.807) is 0 Å². The largest absolute Gasteiger partial charge is 0.370 e. The third-order valence-electron chi connectivity index (χ3n) is 2.53. The van der Waals surface area contributed by atoms with E-state index in [-0.39, 0.29) is 0 Å². The number of nitrogens with two attached hydrogens (primary N) is 1. The molecule has 88 valence electrons. The van der Waals surface area contributed by atoms with Gasteiger partial charge in [-0.3, -0.25) is 4.99 Å². The molecule has 3 nitrogen and oxygen atoms in total. The van der Waals surface area contributed by atoms with Crippen molar-refractivity contribution in [2.45, 2.75) is 13.3 Å². The molecule has 2 aromatic carbocycles. The summed E-state index contributed by atoms with van der Waals surface area (Å²) in [5.41, 5.74) is 6.75. The van der Waals surface area contributed by atoms with E-state index in [4.69, 9.17) is 5.73 Å². The molecule has 2 rings (SSSR count). The van der Waals surface area contributed by atoms with Gasteiger partial charge in [-0.05, 0) is 29.3 Å². The van der Waals surface area contributed by atoms with Crippen LogP contribution in [0.1, 0.15) is 13.3 Å². The van der Waals surface area contributed by atoms with Gasteiger partial charge < -0.3 is 11.1 Å². The minimum Gasteiger partial charge on any atom is -0.370 e. The summed E-state index contributed by atoms with van der Waals surface area (Å²) in [6.45, 7) is 2.83. The zero-order valence-corrected chi connectivity index (χ0v) is 9.98. The second-order valence-corrected chi connectivity index (χ2v) is 3.95. The van der Waals surface area contributed by atoms with Crippen LogP contribution in [0.3, 0.4) is 0 Å². The summed E-state index contributed by atoms with van der Waals surface area (Å²) in [6, 6.07) is 14.4. The normalized spacial score (nSPS) is 11.7. The van der Waals surface area contributed by atoms with Crippen molar-refractivity contribution in [1.29, 1.82) is 0 Å². The first-order valence-electron chi connectivity index (χ1n) is 5.85. The van der Waals surface area contributed by atoms with Gasteiger partial charge in [0.25, 0.3) is 0 Å². The Morgan fingerprint density at radius 2 is 1.94 bits per heavy atom. The van der Waals surface area contributed by atoms with Gasteiger partial charge in [0.2, 0.25) is 0 Å². The summed E-state index contributed by atoms with van der Waals surface area (Å²) < 4.78 is 0. The summed E-state index contributed by atoms with van der Waals surface area (Å²) in [6.07, 6.45) is 1.00. The van der Waals surface area contributed by atoms with Gasteiger partial charge in [-0.2, -0.15) is 0 Å². The summed E-state index contributed by atoms with van der Waals surface area (Å²) in [7, 11) is 0. The number of anilines is 1. The fourth-order valence-electron chi connectivity index (χ4n) is 1.69. The molecule has 3 heteroatoms. The summed E-state index contributed by atoms with van der Waals surface area (Å²) in [4.78, 5) is 4.20. The zero-order valence-electron chi connectivity index (χ0n) is 9.98. The SMILES string of the molecule is CCCN=C(N)Nc1ccc2ccccc2c1. The van der Waals surface area contributed by atoms with Crippen molar-refractivity contribution < 1.29 is 0 Å². The molecular formula is C14H17N3. The Morgan fingerprint density at radius 1 is 1.18 bits per heavy atom. The van der Waals surface area contributed by atoms with Crippen LogP contribution in [0, 0.1) is 0 Å². The van der Waals surface area contributed by atoms with Gasteiger partial charge in [0.05, 0.1) is 0 Å². The highest BCUT2D eigenvalue weighted by molar-refractivity contribution is 5.95. The van der Waals surface area contributed by atoms with Crippen molar-refractivity contribution in [2.75, 3.05) is 11.9 Å². The van der Waals surface area contributed by atoms with E-state index >= 15 is 0 Å². The molecule has 0 saturated carbocycles. The molecule has 0 aliphatic rings. The second kappa shape index (κ2) is 5.34. The Hall–Kier alpha value is -2.03. The van der Waals surface area contributed by atoms with Crippen LogP contribution in [0.4, 0.5) is 5.69 Å². The number of rotatable bonds is 3. The minimum absolute atomic E-state index is 0.474. The van der Waals surface area contributed by atoms with E-state index in [0.29, 0.717) is 5.96 Å². The quantitative estimate of drug-likeness (QED) is 0.625. The van der Waals surface area contributed by atoms with Gasteiger partial charge in [0.1, 0.15) is 0 Å². The van der Waals surface area contributed by atoms with E-state index in [1.165, 1.54) is 10.8 Å². The molecular weight excluding hydrogens is 210 g/mol. The van der Waals surface area contributed by atoms with Crippen molar-refractivity contribution >= 4 is 22.4 Å². The maximum Gasteiger partial charge on any atom is 0.193 e. The number of guanidine groups is 1. The first-order valence-corrected chi connectivity index (χ1v) is 5.85. The Labute approximate surface area is 101 Å². The Morgan fingerprint density at radius 3 is 2.71 bits per heavy atom. The van der Waals surface area contributed by atoms with Gasteiger partial charge >= 0.3 is 0 Å². The van der Waals surface area contributed by atoms with Gasteiger partial charge in [-0.1, -0.05) is 37.3 Å². The number of hydrogen-bond donors (Lipinski definition) is 2. The van der Waals surface area contributed by atoms with Gasteiger partial charge in [-0.15, -0.1) is 0 Å². The summed E-state index contributed by atoms with van der Waals surface area (Å²) >= 11 is 0. The predicted octanol–water partition coefficient (Wildman–Crippen LogP) is 2.98. The summed E-state index contributed by atoms with van der Waals surface area (Å²) in [5, 5.41) is 5.52. The molecule has 0 fully saturated rings. The Balaban J connectivity index is 2.19. The highest BCUT2D eigenvalue weighted by Crippen LogP contribution is 2.18. The number of aliphatic imine (C=N–C) groups is 1. The minimum atomic E-state index is 0.474. The molecule has 0 amide bonds. The van der Waals surface area contributed by atoms with Crippen molar-refractivity contribution in [3.05, 3.63) is 42.5 Å². The first kappa shape index (κ1) is 11.5. The average molecular weight is 227 g/mol. The lowest BCUT2D eigenvalue weighted by Crippen LogP contribution is -2.22.